The molecule has 0 saturated carbocycles. The van der Waals surface area contributed by atoms with Crippen LogP contribution in [0.25, 0.3) is 0 Å². The standard InChI is InChI=1S/C15H20FN5/c1-8(2)13-19-14(10(4)15(20-13)21-17)18-11-5-6-12(16)9(3)7-11/h5-8H,17H2,1-4H3,(H2,18,19,20,21). The van der Waals surface area contributed by atoms with Crippen molar-refractivity contribution in [3.05, 3.63) is 41.0 Å². The number of halogens is 1. The summed E-state index contributed by atoms with van der Waals surface area (Å²) < 4.78 is 13.3. The average Bonchev–Trinajstić information content (AvgIpc) is 2.44. The van der Waals surface area contributed by atoms with E-state index in [2.05, 4.69) is 20.7 Å². The van der Waals surface area contributed by atoms with Crippen molar-refractivity contribution in [1.82, 2.24) is 9.97 Å². The molecule has 0 unspecified atom stereocenters. The van der Waals surface area contributed by atoms with Crippen LogP contribution in [-0.4, -0.2) is 9.97 Å². The number of nitrogen functional groups attached to an aromatic ring is 1. The number of rotatable bonds is 4. The third kappa shape index (κ3) is 3.28. The molecule has 2 aromatic rings. The molecule has 6 heteroatoms. The maximum absolute atomic E-state index is 13.3. The van der Waals surface area contributed by atoms with Gasteiger partial charge >= 0.3 is 0 Å². The minimum atomic E-state index is -0.229. The molecule has 0 amide bonds. The molecule has 2 rings (SSSR count). The van der Waals surface area contributed by atoms with Crippen molar-refractivity contribution in [1.29, 1.82) is 0 Å². The smallest absolute Gasteiger partial charge is 0.148 e. The van der Waals surface area contributed by atoms with Gasteiger partial charge in [-0.2, -0.15) is 0 Å². The van der Waals surface area contributed by atoms with E-state index in [1.165, 1.54) is 6.07 Å². The van der Waals surface area contributed by atoms with E-state index in [-0.39, 0.29) is 11.7 Å². The minimum absolute atomic E-state index is 0.174. The molecule has 112 valence electrons. The summed E-state index contributed by atoms with van der Waals surface area (Å²) in [5.74, 6) is 7.38. The highest BCUT2D eigenvalue weighted by molar-refractivity contribution is 5.65. The fourth-order valence-corrected chi connectivity index (χ4v) is 1.91. The Bertz CT molecular complexity index is 655. The van der Waals surface area contributed by atoms with Gasteiger partial charge in [0.05, 0.1) is 0 Å². The fourth-order valence-electron chi connectivity index (χ4n) is 1.91. The molecule has 0 radical (unpaired) electrons. The third-order valence-electron chi connectivity index (χ3n) is 3.24. The number of hydrazine groups is 1. The SMILES string of the molecule is Cc1cc(Nc2nc(C(C)C)nc(NN)c2C)ccc1F. The predicted molar refractivity (Wildman–Crippen MR) is 83.1 cm³/mol. The van der Waals surface area contributed by atoms with E-state index in [0.29, 0.717) is 23.0 Å². The Morgan fingerprint density at radius 2 is 1.81 bits per heavy atom. The van der Waals surface area contributed by atoms with Gasteiger partial charge in [0, 0.05) is 17.2 Å². The lowest BCUT2D eigenvalue weighted by Crippen LogP contribution is -2.14. The van der Waals surface area contributed by atoms with Crippen molar-refractivity contribution < 1.29 is 4.39 Å². The Morgan fingerprint density at radius 3 is 2.38 bits per heavy atom. The molecule has 0 saturated heterocycles. The van der Waals surface area contributed by atoms with E-state index in [1.54, 1.807) is 19.1 Å². The van der Waals surface area contributed by atoms with Crippen LogP contribution in [0.15, 0.2) is 18.2 Å². The molecule has 0 aliphatic carbocycles. The van der Waals surface area contributed by atoms with Crippen molar-refractivity contribution in [3.8, 4) is 0 Å². The number of nitrogens with one attached hydrogen (secondary N) is 2. The lowest BCUT2D eigenvalue weighted by Gasteiger charge is -2.15. The lowest BCUT2D eigenvalue weighted by atomic mass is 10.2. The van der Waals surface area contributed by atoms with E-state index < -0.39 is 0 Å². The van der Waals surface area contributed by atoms with Crippen LogP contribution in [0.1, 0.15) is 36.7 Å². The summed E-state index contributed by atoms with van der Waals surface area (Å²) in [6.45, 7) is 7.62. The Balaban J connectivity index is 2.42. The monoisotopic (exact) mass is 289 g/mol. The molecule has 1 heterocycles. The second-order valence-corrected chi connectivity index (χ2v) is 5.29. The molecular weight excluding hydrogens is 269 g/mol. The molecule has 1 aromatic carbocycles. The number of anilines is 3. The number of benzene rings is 1. The maximum Gasteiger partial charge on any atom is 0.148 e. The van der Waals surface area contributed by atoms with Crippen LogP contribution >= 0.6 is 0 Å². The first-order valence-corrected chi connectivity index (χ1v) is 6.80. The van der Waals surface area contributed by atoms with Gasteiger partial charge in [0.1, 0.15) is 23.3 Å². The molecule has 5 nitrogen and oxygen atoms in total. The Labute approximate surface area is 123 Å². The molecule has 4 N–H and O–H groups in total. The summed E-state index contributed by atoms with van der Waals surface area (Å²) in [5, 5.41) is 3.20. The van der Waals surface area contributed by atoms with Crippen LogP contribution in [0.5, 0.6) is 0 Å². The van der Waals surface area contributed by atoms with Crippen LogP contribution in [0.2, 0.25) is 0 Å². The summed E-state index contributed by atoms with van der Waals surface area (Å²) >= 11 is 0. The lowest BCUT2D eigenvalue weighted by molar-refractivity contribution is 0.619. The van der Waals surface area contributed by atoms with Gasteiger partial charge in [0.25, 0.3) is 0 Å². The van der Waals surface area contributed by atoms with Gasteiger partial charge in [-0.3, -0.25) is 0 Å². The minimum Gasteiger partial charge on any atom is -0.340 e. The number of aryl methyl sites for hydroxylation is 1. The molecular formula is C15H20FN5. The van der Waals surface area contributed by atoms with Gasteiger partial charge in [0.15, 0.2) is 0 Å². The highest BCUT2D eigenvalue weighted by atomic mass is 19.1. The highest BCUT2D eigenvalue weighted by Gasteiger charge is 2.13. The van der Waals surface area contributed by atoms with Gasteiger partial charge in [-0.05, 0) is 37.6 Å². The Hall–Kier alpha value is -2.21. The first-order chi connectivity index (χ1) is 9.92. The topological polar surface area (TPSA) is 75.9 Å². The molecule has 1 aromatic heterocycles. The largest absolute Gasteiger partial charge is 0.340 e. The summed E-state index contributed by atoms with van der Waals surface area (Å²) in [6.07, 6.45) is 0. The quantitative estimate of drug-likeness (QED) is 0.594. The molecule has 0 spiro atoms. The summed E-state index contributed by atoms with van der Waals surface area (Å²) in [6, 6.07) is 4.84. The number of hydrogen-bond donors (Lipinski definition) is 3. The molecule has 0 fully saturated rings. The van der Waals surface area contributed by atoms with E-state index in [4.69, 9.17) is 5.84 Å². The van der Waals surface area contributed by atoms with E-state index in [0.717, 1.165) is 11.3 Å². The van der Waals surface area contributed by atoms with Crippen molar-refractivity contribution in [2.45, 2.75) is 33.6 Å². The van der Waals surface area contributed by atoms with E-state index >= 15 is 0 Å². The second-order valence-electron chi connectivity index (χ2n) is 5.29. The molecule has 0 aliphatic rings. The van der Waals surface area contributed by atoms with Gasteiger partial charge in [-0.15, -0.1) is 0 Å². The average molecular weight is 289 g/mol. The molecule has 0 aliphatic heterocycles. The van der Waals surface area contributed by atoms with Crippen LogP contribution in [0.3, 0.4) is 0 Å². The number of nitrogens with zero attached hydrogens (tertiary/aromatic N) is 2. The van der Waals surface area contributed by atoms with E-state index in [9.17, 15) is 4.39 Å². The van der Waals surface area contributed by atoms with Crippen molar-refractivity contribution in [2.24, 2.45) is 5.84 Å². The summed E-state index contributed by atoms with van der Waals surface area (Å²) in [5.41, 5.74) is 4.74. The van der Waals surface area contributed by atoms with Gasteiger partial charge in [-0.1, -0.05) is 13.8 Å². The maximum atomic E-state index is 13.3. The number of hydrogen-bond acceptors (Lipinski definition) is 5. The molecule has 21 heavy (non-hydrogen) atoms. The Morgan fingerprint density at radius 1 is 1.14 bits per heavy atom. The second kappa shape index (κ2) is 6.05. The fraction of sp³-hybridized carbons (Fsp3) is 0.333. The summed E-state index contributed by atoms with van der Waals surface area (Å²) in [7, 11) is 0. The van der Waals surface area contributed by atoms with Gasteiger partial charge in [0.2, 0.25) is 0 Å². The van der Waals surface area contributed by atoms with Crippen LogP contribution in [0, 0.1) is 19.7 Å². The van der Waals surface area contributed by atoms with Crippen LogP contribution in [-0.2, 0) is 0 Å². The molecule has 0 bridgehead atoms. The molecule has 0 atom stereocenters. The van der Waals surface area contributed by atoms with E-state index in [1.807, 2.05) is 20.8 Å². The van der Waals surface area contributed by atoms with Gasteiger partial charge < -0.3 is 10.7 Å². The van der Waals surface area contributed by atoms with Crippen molar-refractivity contribution >= 4 is 17.3 Å². The normalized spacial score (nSPS) is 10.8. The summed E-state index contributed by atoms with van der Waals surface area (Å²) in [4.78, 5) is 8.89. The van der Waals surface area contributed by atoms with Crippen molar-refractivity contribution in [2.75, 3.05) is 10.7 Å². The third-order valence-corrected chi connectivity index (χ3v) is 3.24. The number of aromatic nitrogens is 2. The number of nitrogens with two attached hydrogens (primary N) is 1. The van der Waals surface area contributed by atoms with Crippen LogP contribution in [0.4, 0.5) is 21.7 Å². The van der Waals surface area contributed by atoms with Gasteiger partial charge in [-0.25, -0.2) is 20.2 Å². The van der Waals surface area contributed by atoms with Crippen molar-refractivity contribution in [3.63, 3.8) is 0 Å². The Kier molecular flexibility index (Phi) is 4.37. The van der Waals surface area contributed by atoms with Crippen LogP contribution < -0.4 is 16.6 Å². The zero-order valence-electron chi connectivity index (χ0n) is 12.7. The first kappa shape index (κ1) is 15.2. The highest BCUT2D eigenvalue weighted by Crippen LogP contribution is 2.26. The zero-order chi connectivity index (χ0) is 15.6. The predicted octanol–water partition coefficient (Wildman–Crippen LogP) is 3.39. The zero-order valence-corrected chi connectivity index (χ0v) is 12.7. The first-order valence-electron chi connectivity index (χ1n) is 6.80.